The van der Waals surface area contributed by atoms with Gasteiger partial charge in [0, 0.05) is 18.9 Å². The van der Waals surface area contributed by atoms with Gasteiger partial charge < -0.3 is 4.74 Å². The Morgan fingerprint density at radius 1 is 1.40 bits per heavy atom. The Kier molecular flexibility index (Phi) is 2.96. The van der Waals surface area contributed by atoms with E-state index in [4.69, 9.17) is 4.74 Å². The van der Waals surface area contributed by atoms with E-state index in [1.165, 1.54) is 12.0 Å². The summed E-state index contributed by atoms with van der Waals surface area (Å²) in [5, 5.41) is 0. The molecule has 1 aliphatic carbocycles. The lowest BCUT2D eigenvalue weighted by Crippen LogP contribution is -2.28. The zero-order valence-corrected chi connectivity index (χ0v) is 9.71. The predicted molar refractivity (Wildman–Crippen MR) is 59.6 cm³/mol. The van der Waals surface area contributed by atoms with E-state index in [0.717, 1.165) is 26.1 Å². The van der Waals surface area contributed by atoms with Crippen LogP contribution in [0.15, 0.2) is 11.6 Å². The van der Waals surface area contributed by atoms with Crippen LogP contribution >= 0.6 is 0 Å². The first-order valence-corrected chi connectivity index (χ1v) is 5.88. The van der Waals surface area contributed by atoms with Gasteiger partial charge >= 0.3 is 0 Å². The number of allylic oxidation sites excluding steroid dienone is 1. The molecule has 1 saturated heterocycles. The molecule has 0 aromatic carbocycles. The summed E-state index contributed by atoms with van der Waals surface area (Å²) in [6.45, 7) is 6.07. The van der Waals surface area contributed by atoms with Gasteiger partial charge in [0.2, 0.25) is 0 Å². The second kappa shape index (κ2) is 4.09. The van der Waals surface area contributed by atoms with E-state index in [0.29, 0.717) is 18.1 Å². The SMILES string of the molecule is CC1(C)CC(=O)C=C(C2CCCOC2)C1. The number of hydrogen-bond acceptors (Lipinski definition) is 2. The molecule has 15 heavy (non-hydrogen) atoms. The van der Waals surface area contributed by atoms with Gasteiger partial charge in [-0.05, 0) is 30.8 Å². The minimum atomic E-state index is 0.151. The molecule has 1 heterocycles. The van der Waals surface area contributed by atoms with E-state index in [9.17, 15) is 4.79 Å². The molecule has 1 aliphatic heterocycles. The number of carbonyl (C=O) groups excluding carboxylic acids is 1. The van der Waals surface area contributed by atoms with Crippen molar-refractivity contribution < 1.29 is 9.53 Å². The van der Waals surface area contributed by atoms with Gasteiger partial charge in [0.25, 0.3) is 0 Å². The maximum Gasteiger partial charge on any atom is 0.156 e. The van der Waals surface area contributed by atoms with Crippen LogP contribution in [0.5, 0.6) is 0 Å². The van der Waals surface area contributed by atoms with E-state index in [2.05, 4.69) is 13.8 Å². The summed E-state index contributed by atoms with van der Waals surface area (Å²) in [5.74, 6) is 0.800. The van der Waals surface area contributed by atoms with Crippen molar-refractivity contribution >= 4 is 5.78 Å². The molecule has 1 atom stereocenters. The summed E-state index contributed by atoms with van der Waals surface area (Å²) >= 11 is 0. The van der Waals surface area contributed by atoms with Crippen LogP contribution in [0.1, 0.15) is 39.5 Å². The standard InChI is InChI=1S/C13H20O2/c1-13(2)7-11(6-12(14)8-13)10-4-3-5-15-9-10/h6,10H,3-5,7-9H2,1-2H3. The Labute approximate surface area is 91.7 Å². The number of ether oxygens (including phenoxy) is 1. The lowest BCUT2D eigenvalue weighted by atomic mass is 9.73. The third-order valence-corrected chi connectivity index (χ3v) is 3.37. The third-order valence-electron chi connectivity index (χ3n) is 3.37. The molecule has 84 valence electrons. The number of rotatable bonds is 1. The molecule has 1 fully saturated rings. The smallest absolute Gasteiger partial charge is 0.156 e. The zero-order chi connectivity index (χ0) is 10.9. The normalized spacial score (nSPS) is 31.2. The molecule has 2 heteroatoms. The molecule has 0 bridgehead atoms. The van der Waals surface area contributed by atoms with E-state index < -0.39 is 0 Å². The first-order valence-electron chi connectivity index (χ1n) is 5.88. The Morgan fingerprint density at radius 3 is 2.80 bits per heavy atom. The van der Waals surface area contributed by atoms with Crippen molar-refractivity contribution in [1.29, 1.82) is 0 Å². The van der Waals surface area contributed by atoms with Gasteiger partial charge in [-0.2, -0.15) is 0 Å². The minimum Gasteiger partial charge on any atom is -0.381 e. The van der Waals surface area contributed by atoms with Crippen molar-refractivity contribution in [1.82, 2.24) is 0 Å². The highest BCUT2D eigenvalue weighted by atomic mass is 16.5. The lowest BCUT2D eigenvalue weighted by molar-refractivity contribution is -0.117. The van der Waals surface area contributed by atoms with E-state index >= 15 is 0 Å². The molecule has 2 aliphatic rings. The highest BCUT2D eigenvalue weighted by Crippen LogP contribution is 2.38. The monoisotopic (exact) mass is 208 g/mol. The predicted octanol–water partition coefficient (Wildman–Crippen LogP) is 2.73. The second-order valence-corrected chi connectivity index (χ2v) is 5.62. The fraction of sp³-hybridized carbons (Fsp3) is 0.769. The molecule has 0 saturated carbocycles. The quantitative estimate of drug-likeness (QED) is 0.662. The van der Waals surface area contributed by atoms with Gasteiger partial charge in [-0.1, -0.05) is 19.4 Å². The zero-order valence-electron chi connectivity index (χ0n) is 9.71. The van der Waals surface area contributed by atoms with Gasteiger partial charge in [0.1, 0.15) is 0 Å². The number of hydrogen-bond donors (Lipinski definition) is 0. The summed E-state index contributed by atoms with van der Waals surface area (Å²) in [7, 11) is 0. The molecule has 0 aromatic heterocycles. The average Bonchev–Trinajstić information content (AvgIpc) is 2.16. The van der Waals surface area contributed by atoms with E-state index in [-0.39, 0.29) is 5.41 Å². The van der Waals surface area contributed by atoms with Crippen LogP contribution in [-0.4, -0.2) is 19.0 Å². The second-order valence-electron chi connectivity index (χ2n) is 5.62. The van der Waals surface area contributed by atoms with Crippen molar-refractivity contribution in [2.24, 2.45) is 11.3 Å². The summed E-state index contributed by atoms with van der Waals surface area (Å²) in [5.41, 5.74) is 1.48. The summed E-state index contributed by atoms with van der Waals surface area (Å²) in [6.07, 6.45) is 5.97. The van der Waals surface area contributed by atoms with Crippen LogP contribution in [-0.2, 0) is 9.53 Å². The fourth-order valence-corrected chi connectivity index (χ4v) is 2.69. The number of ketones is 1. The lowest BCUT2D eigenvalue weighted by Gasteiger charge is -2.34. The van der Waals surface area contributed by atoms with Gasteiger partial charge in [0.15, 0.2) is 5.78 Å². The number of carbonyl (C=O) groups is 1. The Bertz CT molecular complexity index is 283. The average molecular weight is 208 g/mol. The summed E-state index contributed by atoms with van der Waals surface area (Å²) in [4.78, 5) is 11.6. The highest BCUT2D eigenvalue weighted by molar-refractivity contribution is 5.91. The van der Waals surface area contributed by atoms with Gasteiger partial charge in [-0.3, -0.25) is 4.79 Å². The molecule has 0 N–H and O–H groups in total. The van der Waals surface area contributed by atoms with Crippen LogP contribution in [0.25, 0.3) is 0 Å². The van der Waals surface area contributed by atoms with Crippen LogP contribution in [0.2, 0.25) is 0 Å². The molecule has 1 unspecified atom stereocenters. The molecule has 0 radical (unpaired) electrons. The van der Waals surface area contributed by atoms with Crippen LogP contribution in [0, 0.1) is 11.3 Å². The molecule has 2 rings (SSSR count). The first-order chi connectivity index (χ1) is 7.07. The van der Waals surface area contributed by atoms with Gasteiger partial charge in [0.05, 0.1) is 6.61 Å². The van der Waals surface area contributed by atoms with Crippen LogP contribution < -0.4 is 0 Å². The molecule has 0 spiro atoms. The molecule has 0 amide bonds. The van der Waals surface area contributed by atoms with Crippen LogP contribution in [0.4, 0.5) is 0 Å². The molecule has 0 aromatic rings. The minimum absolute atomic E-state index is 0.151. The Balaban J connectivity index is 2.10. The Morgan fingerprint density at radius 2 is 2.20 bits per heavy atom. The largest absolute Gasteiger partial charge is 0.381 e. The van der Waals surface area contributed by atoms with Crippen molar-refractivity contribution in [3.05, 3.63) is 11.6 Å². The molecular formula is C13H20O2. The fourth-order valence-electron chi connectivity index (χ4n) is 2.69. The third kappa shape index (κ3) is 2.69. The topological polar surface area (TPSA) is 26.3 Å². The van der Waals surface area contributed by atoms with E-state index in [1.54, 1.807) is 0 Å². The first kappa shape index (κ1) is 10.9. The maximum atomic E-state index is 11.6. The van der Waals surface area contributed by atoms with Gasteiger partial charge in [-0.25, -0.2) is 0 Å². The van der Waals surface area contributed by atoms with Crippen molar-refractivity contribution in [3.8, 4) is 0 Å². The van der Waals surface area contributed by atoms with Crippen molar-refractivity contribution in [3.63, 3.8) is 0 Å². The Hall–Kier alpha value is -0.630. The van der Waals surface area contributed by atoms with Crippen LogP contribution in [0.3, 0.4) is 0 Å². The maximum absolute atomic E-state index is 11.6. The highest BCUT2D eigenvalue weighted by Gasteiger charge is 2.31. The van der Waals surface area contributed by atoms with E-state index in [1.807, 2.05) is 6.08 Å². The molecular weight excluding hydrogens is 188 g/mol. The summed E-state index contributed by atoms with van der Waals surface area (Å²) < 4.78 is 5.49. The summed E-state index contributed by atoms with van der Waals surface area (Å²) in [6, 6.07) is 0. The van der Waals surface area contributed by atoms with Crippen molar-refractivity contribution in [2.75, 3.05) is 13.2 Å². The van der Waals surface area contributed by atoms with Crippen molar-refractivity contribution in [2.45, 2.75) is 39.5 Å². The van der Waals surface area contributed by atoms with Gasteiger partial charge in [-0.15, -0.1) is 0 Å². The molecule has 2 nitrogen and oxygen atoms in total.